The Morgan fingerprint density at radius 3 is 2.77 bits per heavy atom. The molecule has 0 saturated heterocycles. The number of hydrogen-bond donors (Lipinski definition) is 1. The molecule has 0 saturated carbocycles. The zero-order chi connectivity index (χ0) is 9.84. The highest BCUT2D eigenvalue weighted by Gasteiger charge is 2.10. The summed E-state index contributed by atoms with van der Waals surface area (Å²) in [6.45, 7) is 1.52. The third-order valence-electron chi connectivity index (χ3n) is 1.32. The van der Waals surface area contributed by atoms with Gasteiger partial charge in [0.05, 0.1) is 6.54 Å². The second-order valence-electron chi connectivity index (χ2n) is 2.48. The molecule has 1 aromatic rings. The van der Waals surface area contributed by atoms with Crippen molar-refractivity contribution in [3.63, 3.8) is 0 Å². The van der Waals surface area contributed by atoms with Crippen LogP contribution in [-0.4, -0.2) is 18.2 Å². The van der Waals surface area contributed by atoms with E-state index in [9.17, 15) is 9.59 Å². The molecule has 1 amide bonds. The summed E-state index contributed by atoms with van der Waals surface area (Å²) in [5.74, 6) is -0.266. The van der Waals surface area contributed by atoms with Gasteiger partial charge in [-0.3, -0.25) is 9.59 Å². The van der Waals surface area contributed by atoms with Gasteiger partial charge in [-0.05, 0) is 34.3 Å². The molecule has 0 aliphatic carbocycles. The van der Waals surface area contributed by atoms with Gasteiger partial charge in [-0.1, -0.05) is 0 Å². The number of rotatable bonds is 3. The summed E-state index contributed by atoms with van der Waals surface area (Å²) in [5.41, 5.74) is 0. The molecule has 1 N–H and O–H groups in total. The Kier molecular flexibility index (Phi) is 3.62. The van der Waals surface area contributed by atoms with Gasteiger partial charge >= 0.3 is 0 Å². The Hall–Kier alpha value is -0.680. The van der Waals surface area contributed by atoms with Gasteiger partial charge in [-0.2, -0.15) is 0 Å². The summed E-state index contributed by atoms with van der Waals surface area (Å²) < 4.78 is 0.763. The van der Waals surface area contributed by atoms with Gasteiger partial charge in [-0.25, -0.2) is 0 Å². The van der Waals surface area contributed by atoms with Crippen LogP contribution in [0.5, 0.6) is 0 Å². The third kappa shape index (κ3) is 2.93. The Morgan fingerprint density at radius 2 is 2.31 bits per heavy atom. The minimum absolute atomic E-state index is 0.0546. The monoisotopic (exact) mass is 261 g/mol. The number of Topliss-reactive ketones (excluding diaryl/α,β-unsaturated/α-hetero) is 1. The molecule has 1 heterocycles. The Morgan fingerprint density at radius 1 is 1.62 bits per heavy atom. The molecule has 0 radical (unpaired) electrons. The van der Waals surface area contributed by atoms with Gasteiger partial charge in [0, 0.05) is 4.47 Å². The van der Waals surface area contributed by atoms with Crippen LogP contribution in [0.15, 0.2) is 15.9 Å². The van der Waals surface area contributed by atoms with Crippen molar-refractivity contribution in [2.75, 3.05) is 6.54 Å². The lowest BCUT2D eigenvalue weighted by atomic mass is 10.4. The van der Waals surface area contributed by atoms with Crippen LogP contribution in [0.2, 0.25) is 0 Å². The van der Waals surface area contributed by atoms with Crippen molar-refractivity contribution in [3.05, 3.63) is 20.8 Å². The molecule has 13 heavy (non-hydrogen) atoms. The number of amides is 1. The molecule has 0 bridgehead atoms. The van der Waals surface area contributed by atoms with Crippen molar-refractivity contribution in [3.8, 4) is 0 Å². The molecule has 5 heteroatoms. The second-order valence-corrected chi connectivity index (χ2v) is 4.25. The number of nitrogens with one attached hydrogen (secondary N) is 1. The Bertz CT molecular complexity index is 335. The number of hydrogen-bond acceptors (Lipinski definition) is 3. The molecule has 0 aromatic carbocycles. The van der Waals surface area contributed by atoms with Crippen LogP contribution in [-0.2, 0) is 4.79 Å². The van der Waals surface area contributed by atoms with Crippen LogP contribution in [0.1, 0.15) is 16.6 Å². The summed E-state index contributed by atoms with van der Waals surface area (Å²) >= 11 is 4.58. The topological polar surface area (TPSA) is 46.2 Å². The van der Waals surface area contributed by atoms with Gasteiger partial charge in [-0.15, -0.1) is 11.3 Å². The van der Waals surface area contributed by atoms with Gasteiger partial charge < -0.3 is 5.32 Å². The smallest absolute Gasteiger partial charge is 0.262 e. The van der Waals surface area contributed by atoms with Crippen LogP contribution in [0.25, 0.3) is 0 Å². The average molecular weight is 262 g/mol. The Balaban J connectivity index is 2.59. The van der Waals surface area contributed by atoms with Gasteiger partial charge in [0.15, 0.2) is 0 Å². The van der Waals surface area contributed by atoms with E-state index >= 15 is 0 Å². The van der Waals surface area contributed by atoms with Gasteiger partial charge in [0.2, 0.25) is 0 Å². The van der Waals surface area contributed by atoms with Crippen LogP contribution in [0.4, 0.5) is 0 Å². The predicted octanol–water partition coefficient (Wildman–Crippen LogP) is 1.83. The molecule has 0 fully saturated rings. The number of carbonyl (C=O) groups is 2. The molecule has 0 atom stereocenters. The van der Waals surface area contributed by atoms with E-state index in [0.717, 1.165) is 4.47 Å². The maximum atomic E-state index is 11.3. The molecule has 1 rings (SSSR count). The molecular weight excluding hydrogens is 254 g/mol. The zero-order valence-electron chi connectivity index (χ0n) is 6.96. The minimum Gasteiger partial charge on any atom is -0.344 e. The lowest BCUT2D eigenvalue weighted by Crippen LogP contribution is -2.27. The van der Waals surface area contributed by atoms with Crippen molar-refractivity contribution in [2.45, 2.75) is 6.92 Å². The normalized spacial score (nSPS) is 9.69. The molecule has 0 aliphatic rings. The van der Waals surface area contributed by atoms with E-state index in [0.29, 0.717) is 4.88 Å². The second kappa shape index (κ2) is 4.53. The van der Waals surface area contributed by atoms with E-state index < -0.39 is 0 Å². The number of carbonyl (C=O) groups excluding carboxylic acids is 2. The van der Waals surface area contributed by atoms with Crippen LogP contribution >= 0.6 is 27.3 Å². The summed E-state index contributed by atoms with van der Waals surface area (Å²) in [6, 6.07) is 1.80. The number of ketones is 1. The first kappa shape index (κ1) is 10.4. The SMILES string of the molecule is CC(=O)CNC(=O)c1sccc1Br. The maximum absolute atomic E-state index is 11.3. The Labute approximate surface area is 88.3 Å². The lowest BCUT2D eigenvalue weighted by molar-refractivity contribution is -0.116. The highest BCUT2D eigenvalue weighted by molar-refractivity contribution is 9.10. The highest BCUT2D eigenvalue weighted by atomic mass is 79.9. The molecule has 0 aliphatic heterocycles. The predicted molar refractivity (Wildman–Crippen MR) is 55.0 cm³/mol. The molecule has 70 valence electrons. The quantitative estimate of drug-likeness (QED) is 0.903. The van der Waals surface area contributed by atoms with Crippen molar-refractivity contribution in [1.29, 1.82) is 0 Å². The first-order valence-corrected chi connectivity index (χ1v) is 5.29. The van der Waals surface area contributed by atoms with E-state index in [4.69, 9.17) is 0 Å². The van der Waals surface area contributed by atoms with E-state index in [1.807, 2.05) is 5.38 Å². The number of halogens is 1. The summed E-state index contributed by atoms with van der Waals surface area (Å²) in [5, 5.41) is 4.33. The van der Waals surface area contributed by atoms with Crippen molar-refractivity contribution >= 4 is 39.0 Å². The zero-order valence-corrected chi connectivity index (χ0v) is 9.37. The fraction of sp³-hybridized carbons (Fsp3) is 0.250. The van der Waals surface area contributed by atoms with E-state index in [1.165, 1.54) is 18.3 Å². The van der Waals surface area contributed by atoms with Crippen molar-refractivity contribution < 1.29 is 9.59 Å². The largest absolute Gasteiger partial charge is 0.344 e. The number of thiophene rings is 1. The summed E-state index contributed by atoms with van der Waals surface area (Å²) in [4.78, 5) is 22.5. The standard InChI is InChI=1S/C8H8BrNO2S/c1-5(11)4-10-8(12)7-6(9)2-3-13-7/h2-3H,4H2,1H3,(H,10,12). The molecule has 0 unspecified atom stereocenters. The fourth-order valence-electron chi connectivity index (χ4n) is 0.741. The molecule has 0 spiro atoms. The molecular formula is C8H8BrNO2S. The van der Waals surface area contributed by atoms with Gasteiger partial charge in [0.25, 0.3) is 5.91 Å². The van der Waals surface area contributed by atoms with Crippen LogP contribution in [0.3, 0.4) is 0 Å². The first-order chi connectivity index (χ1) is 6.11. The first-order valence-electron chi connectivity index (χ1n) is 3.62. The average Bonchev–Trinajstić information content (AvgIpc) is 2.47. The van der Waals surface area contributed by atoms with Gasteiger partial charge in [0.1, 0.15) is 10.7 Å². The lowest BCUT2D eigenvalue weighted by Gasteiger charge is -1.99. The van der Waals surface area contributed by atoms with E-state index in [1.54, 1.807) is 6.07 Å². The van der Waals surface area contributed by atoms with Crippen LogP contribution in [0, 0.1) is 0 Å². The third-order valence-corrected chi connectivity index (χ3v) is 3.16. The van der Waals surface area contributed by atoms with Crippen LogP contribution < -0.4 is 5.32 Å². The molecule has 1 aromatic heterocycles. The van der Waals surface area contributed by atoms with Crippen molar-refractivity contribution in [2.24, 2.45) is 0 Å². The molecule has 3 nitrogen and oxygen atoms in total. The summed E-state index contributed by atoms with van der Waals surface area (Å²) in [6.07, 6.45) is 0. The highest BCUT2D eigenvalue weighted by Crippen LogP contribution is 2.21. The van der Waals surface area contributed by atoms with Crippen molar-refractivity contribution in [1.82, 2.24) is 5.32 Å². The van der Waals surface area contributed by atoms with E-state index in [2.05, 4.69) is 21.2 Å². The van der Waals surface area contributed by atoms with E-state index in [-0.39, 0.29) is 18.2 Å². The summed E-state index contributed by atoms with van der Waals surface area (Å²) in [7, 11) is 0. The minimum atomic E-state index is -0.211. The fourth-order valence-corrected chi connectivity index (χ4v) is 2.21. The maximum Gasteiger partial charge on any atom is 0.262 e.